The van der Waals surface area contributed by atoms with Crippen LogP contribution in [0, 0.1) is 17.8 Å². The highest BCUT2D eigenvalue weighted by Crippen LogP contribution is 2.49. The molecule has 2 rings (SSSR count). The first-order valence-electron chi connectivity index (χ1n) is 7.60. The first-order chi connectivity index (χ1) is 9.45. The number of likely N-dealkylation sites (N-methyl/N-ethyl adjacent to an activating group) is 1. The Kier molecular flexibility index (Phi) is 5.02. The van der Waals surface area contributed by atoms with E-state index in [1.165, 1.54) is 30.6 Å². The van der Waals surface area contributed by atoms with Gasteiger partial charge in [-0.05, 0) is 51.1 Å². The minimum Gasteiger partial charge on any atom is -0.480 e. The summed E-state index contributed by atoms with van der Waals surface area (Å²) >= 11 is 0. The number of nitrogens with zero attached hydrogens (tertiary/aromatic N) is 2. The van der Waals surface area contributed by atoms with Crippen molar-refractivity contribution in [3.63, 3.8) is 0 Å². The summed E-state index contributed by atoms with van der Waals surface area (Å²) in [4.78, 5) is 26.8. The van der Waals surface area contributed by atoms with Gasteiger partial charge in [0.2, 0.25) is 5.91 Å². The van der Waals surface area contributed by atoms with Crippen LogP contribution in [-0.4, -0.2) is 60.5 Å². The Bertz CT molecular complexity index is 370. The van der Waals surface area contributed by atoms with Crippen LogP contribution in [0.25, 0.3) is 0 Å². The number of carbonyl (C=O) groups is 2. The quantitative estimate of drug-likeness (QED) is 0.764. The molecule has 0 aliphatic heterocycles. The molecule has 5 heteroatoms. The third kappa shape index (κ3) is 3.95. The summed E-state index contributed by atoms with van der Waals surface area (Å²) in [5.41, 5.74) is 0. The summed E-state index contributed by atoms with van der Waals surface area (Å²) in [7, 11) is 3.86. The molecule has 1 N–H and O–H groups in total. The van der Waals surface area contributed by atoms with E-state index in [9.17, 15) is 9.59 Å². The Morgan fingerprint density at radius 2 is 1.90 bits per heavy atom. The highest BCUT2D eigenvalue weighted by atomic mass is 16.4. The van der Waals surface area contributed by atoms with Crippen LogP contribution in [0.4, 0.5) is 0 Å². The van der Waals surface area contributed by atoms with Crippen LogP contribution in [0.1, 0.15) is 32.1 Å². The van der Waals surface area contributed by atoms with Gasteiger partial charge < -0.3 is 14.9 Å². The molecule has 2 saturated carbocycles. The fourth-order valence-electron chi connectivity index (χ4n) is 3.76. The van der Waals surface area contributed by atoms with Crippen LogP contribution in [0.15, 0.2) is 0 Å². The lowest BCUT2D eigenvalue weighted by atomic mass is 9.86. The molecule has 2 bridgehead atoms. The molecule has 0 aromatic carbocycles. The van der Waals surface area contributed by atoms with Gasteiger partial charge in [-0.3, -0.25) is 9.59 Å². The van der Waals surface area contributed by atoms with Gasteiger partial charge in [-0.1, -0.05) is 6.42 Å². The van der Waals surface area contributed by atoms with Crippen molar-refractivity contribution in [1.82, 2.24) is 9.80 Å². The van der Waals surface area contributed by atoms with Gasteiger partial charge in [0.15, 0.2) is 0 Å². The minimum atomic E-state index is -0.926. The summed E-state index contributed by atoms with van der Waals surface area (Å²) in [6.07, 6.45) is 5.59. The monoisotopic (exact) mass is 282 g/mol. The number of hydrogen-bond donors (Lipinski definition) is 1. The van der Waals surface area contributed by atoms with Crippen molar-refractivity contribution in [2.24, 2.45) is 17.8 Å². The molecule has 0 aromatic heterocycles. The number of carboxylic acid groups (broad SMARTS) is 1. The van der Waals surface area contributed by atoms with E-state index < -0.39 is 5.97 Å². The molecule has 0 heterocycles. The van der Waals surface area contributed by atoms with Crippen LogP contribution in [-0.2, 0) is 9.59 Å². The van der Waals surface area contributed by atoms with Crippen molar-refractivity contribution >= 4 is 11.9 Å². The van der Waals surface area contributed by atoms with E-state index in [-0.39, 0.29) is 12.5 Å². The Morgan fingerprint density at radius 1 is 1.15 bits per heavy atom. The molecular weight excluding hydrogens is 256 g/mol. The van der Waals surface area contributed by atoms with E-state index >= 15 is 0 Å². The molecule has 2 aliphatic carbocycles. The second kappa shape index (κ2) is 6.57. The fourth-order valence-corrected chi connectivity index (χ4v) is 3.76. The van der Waals surface area contributed by atoms with Gasteiger partial charge in [-0.25, -0.2) is 0 Å². The molecule has 2 fully saturated rings. The average Bonchev–Trinajstić information content (AvgIpc) is 2.95. The lowest BCUT2D eigenvalue weighted by Gasteiger charge is -2.27. The first kappa shape index (κ1) is 15.3. The molecule has 114 valence electrons. The van der Waals surface area contributed by atoms with Gasteiger partial charge in [0.1, 0.15) is 6.54 Å². The number of carbonyl (C=O) groups excluding carboxylic acids is 1. The second-order valence-electron chi connectivity index (χ2n) is 6.65. The predicted molar refractivity (Wildman–Crippen MR) is 76.3 cm³/mol. The van der Waals surface area contributed by atoms with Crippen molar-refractivity contribution in [2.45, 2.75) is 32.1 Å². The van der Waals surface area contributed by atoms with Gasteiger partial charge in [-0.2, -0.15) is 0 Å². The Morgan fingerprint density at radius 3 is 2.40 bits per heavy atom. The van der Waals surface area contributed by atoms with Gasteiger partial charge in [0, 0.05) is 19.5 Å². The molecule has 1 amide bonds. The lowest BCUT2D eigenvalue weighted by Crippen LogP contribution is -2.41. The smallest absolute Gasteiger partial charge is 0.323 e. The molecule has 3 atom stereocenters. The van der Waals surface area contributed by atoms with Crippen molar-refractivity contribution in [1.29, 1.82) is 0 Å². The van der Waals surface area contributed by atoms with E-state index in [0.717, 1.165) is 5.92 Å². The maximum atomic E-state index is 12.4. The number of hydrogen-bond acceptors (Lipinski definition) is 3. The normalized spacial score (nSPS) is 28.1. The standard InChI is InChI=1S/C15H26N2O3/c1-16(2)5-6-17(10-15(19)20)14(18)9-13-8-11-3-4-12(13)7-11/h11-13H,3-10H2,1-2H3,(H,19,20). The first-order valence-corrected chi connectivity index (χ1v) is 7.60. The maximum Gasteiger partial charge on any atom is 0.323 e. The summed E-state index contributed by atoms with van der Waals surface area (Å²) in [6, 6.07) is 0. The molecule has 2 aliphatic rings. The molecule has 0 radical (unpaired) electrons. The number of carboxylic acids is 1. The molecule has 0 aromatic rings. The van der Waals surface area contributed by atoms with Crippen molar-refractivity contribution in [2.75, 3.05) is 33.7 Å². The highest BCUT2D eigenvalue weighted by molar-refractivity contribution is 5.81. The Balaban J connectivity index is 1.86. The molecule has 0 spiro atoms. The molecule has 3 unspecified atom stereocenters. The van der Waals surface area contributed by atoms with Gasteiger partial charge in [0.25, 0.3) is 0 Å². The summed E-state index contributed by atoms with van der Waals surface area (Å²) in [6.45, 7) is 1.03. The third-order valence-electron chi connectivity index (χ3n) is 4.82. The number of aliphatic carboxylic acids is 1. The lowest BCUT2D eigenvalue weighted by molar-refractivity contribution is -0.145. The van der Waals surface area contributed by atoms with E-state index in [2.05, 4.69) is 0 Å². The second-order valence-corrected chi connectivity index (χ2v) is 6.65. The Hall–Kier alpha value is -1.10. The molecular formula is C15H26N2O3. The fraction of sp³-hybridized carbons (Fsp3) is 0.867. The zero-order chi connectivity index (χ0) is 14.7. The van der Waals surface area contributed by atoms with Crippen LogP contribution in [0.3, 0.4) is 0 Å². The van der Waals surface area contributed by atoms with Gasteiger partial charge in [0.05, 0.1) is 0 Å². The minimum absolute atomic E-state index is 0.0202. The number of fused-ring (bicyclic) bond motifs is 2. The number of amides is 1. The highest BCUT2D eigenvalue weighted by Gasteiger charge is 2.40. The van der Waals surface area contributed by atoms with Crippen LogP contribution >= 0.6 is 0 Å². The van der Waals surface area contributed by atoms with Gasteiger partial charge in [-0.15, -0.1) is 0 Å². The van der Waals surface area contributed by atoms with Crippen molar-refractivity contribution in [3.8, 4) is 0 Å². The SMILES string of the molecule is CN(C)CCN(CC(=O)O)C(=O)CC1CC2CCC1C2. The topological polar surface area (TPSA) is 60.9 Å². The van der Waals surface area contributed by atoms with Crippen molar-refractivity contribution in [3.05, 3.63) is 0 Å². The number of rotatable bonds is 7. The molecule has 0 saturated heterocycles. The van der Waals surface area contributed by atoms with Crippen LogP contribution < -0.4 is 0 Å². The predicted octanol–water partition coefficient (Wildman–Crippen LogP) is 1.29. The van der Waals surface area contributed by atoms with Crippen LogP contribution in [0.2, 0.25) is 0 Å². The molecule has 5 nitrogen and oxygen atoms in total. The van der Waals surface area contributed by atoms with E-state index in [4.69, 9.17) is 5.11 Å². The van der Waals surface area contributed by atoms with Crippen molar-refractivity contribution < 1.29 is 14.7 Å². The molecule has 20 heavy (non-hydrogen) atoms. The zero-order valence-corrected chi connectivity index (χ0v) is 12.5. The van der Waals surface area contributed by atoms with Gasteiger partial charge >= 0.3 is 5.97 Å². The maximum absolute atomic E-state index is 12.4. The van der Waals surface area contributed by atoms with E-state index in [1.807, 2.05) is 19.0 Å². The summed E-state index contributed by atoms with van der Waals surface area (Å²) in [5.74, 6) is 1.13. The van der Waals surface area contributed by atoms with Crippen LogP contribution in [0.5, 0.6) is 0 Å². The third-order valence-corrected chi connectivity index (χ3v) is 4.82. The average molecular weight is 282 g/mol. The summed E-state index contributed by atoms with van der Waals surface area (Å²) < 4.78 is 0. The van der Waals surface area contributed by atoms with E-state index in [0.29, 0.717) is 31.3 Å². The largest absolute Gasteiger partial charge is 0.480 e. The summed E-state index contributed by atoms with van der Waals surface area (Å²) in [5, 5.41) is 8.96. The zero-order valence-electron chi connectivity index (χ0n) is 12.5. The Labute approximate surface area is 120 Å². The van der Waals surface area contributed by atoms with E-state index in [1.54, 1.807) is 0 Å².